The number of carbonyl (C=O) groups is 4. The van der Waals surface area contributed by atoms with Crippen molar-refractivity contribution in [3.8, 4) is 0 Å². The highest BCUT2D eigenvalue weighted by Crippen LogP contribution is 2.44. The Morgan fingerprint density at radius 2 is 0.886 bits per heavy atom. The normalized spacial score (nSPS) is 16.7. The topological polar surface area (TPSA) is 81.2 Å². The summed E-state index contributed by atoms with van der Waals surface area (Å²) in [7, 11) is 0. The lowest BCUT2D eigenvalue weighted by Gasteiger charge is -2.22. The van der Waals surface area contributed by atoms with Gasteiger partial charge in [-0.2, -0.15) is 0 Å². The van der Waals surface area contributed by atoms with Crippen molar-refractivity contribution in [3.63, 3.8) is 0 Å². The van der Waals surface area contributed by atoms with Gasteiger partial charge in [0.25, 0.3) is 23.6 Å². The minimum absolute atomic E-state index is 0.0500. The first-order valence-electron chi connectivity index (χ1n) is 14.8. The summed E-state index contributed by atoms with van der Waals surface area (Å²) in [6.45, 7) is 10.9. The van der Waals surface area contributed by atoms with Gasteiger partial charge in [0.15, 0.2) is 8.64 Å². The van der Waals surface area contributed by atoms with Gasteiger partial charge in [-0.15, -0.1) is 0 Å². The maximum absolute atomic E-state index is 13.6. The first-order valence-corrected chi connectivity index (χ1v) is 17.3. The molecular weight excluding hydrogens is 633 g/mol. The third kappa shape index (κ3) is 7.09. The summed E-state index contributed by atoms with van der Waals surface area (Å²) in [4.78, 5) is 60.0. The number of benzene rings is 2. The highest BCUT2D eigenvalue weighted by Gasteiger charge is 2.43. The van der Waals surface area contributed by atoms with Gasteiger partial charge < -0.3 is 9.80 Å². The van der Waals surface area contributed by atoms with E-state index in [4.69, 9.17) is 24.4 Å². The highest BCUT2D eigenvalue weighted by atomic mass is 32.2. The molecule has 4 rings (SSSR count). The van der Waals surface area contributed by atoms with Crippen LogP contribution < -0.4 is 9.80 Å². The maximum Gasteiger partial charge on any atom is 0.272 e. The van der Waals surface area contributed by atoms with Crippen molar-refractivity contribution < 1.29 is 19.2 Å². The molecule has 4 amide bonds. The van der Waals surface area contributed by atoms with Crippen molar-refractivity contribution in [3.05, 3.63) is 69.5 Å². The van der Waals surface area contributed by atoms with E-state index >= 15 is 0 Å². The summed E-state index contributed by atoms with van der Waals surface area (Å²) in [5.74, 6) is -0.922. The van der Waals surface area contributed by atoms with Crippen molar-refractivity contribution in [2.45, 2.75) is 53.4 Å². The summed E-state index contributed by atoms with van der Waals surface area (Å²) in [6.07, 6.45) is 3.48. The van der Waals surface area contributed by atoms with Crippen LogP contribution in [0.25, 0.3) is 0 Å². The minimum atomic E-state index is -0.411. The Hall–Kier alpha value is -3.06. The molecule has 0 aromatic heterocycles. The Balaban J connectivity index is 1.53. The van der Waals surface area contributed by atoms with Crippen LogP contribution in [0.1, 0.15) is 74.1 Å². The fourth-order valence-corrected chi connectivity index (χ4v) is 7.79. The first kappa shape index (κ1) is 33.8. The van der Waals surface area contributed by atoms with Crippen LogP contribution in [0.15, 0.2) is 58.3 Å². The zero-order valence-electron chi connectivity index (χ0n) is 25.3. The second-order valence-electron chi connectivity index (χ2n) is 10.4. The van der Waals surface area contributed by atoms with E-state index < -0.39 is 11.8 Å². The van der Waals surface area contributed by atoms with Gasteiger partial charge in [0.05, 0.1) is 21.2 Å². The maximum atomic E-state index is 13.6. The molecular formula is C32H36N4O4S4. The number of nitrogens with zero attached hydrogens (tertiary/aromatic N) is 4. The molecule has 0 saturated carbocycles. The van der Waals surface area contributed by atoms with Crippen LogP contribution in [0, 0.1) is 0 Å². The molecule has 2 aliphatic rings. The molecule has 2 aromatic rings. The second kappa shape index (κ2) is 15.3. The molecule has 0 unspecified atom stereocenters. The number of carbonyl (C=O) groups excluding carboxylic acids is 4. The number of rotatable bonds is 12. The molecule has 2 fully saturated rings. The van der Waals surface area contributed by atoms with Crippen LogP contribution in [0.2, 0.25) is 0 Å². The second-order valence-corrected chi connectivity index (χ2v) is 13.6. The molecule has 232 valence electrons. The summed E-state index contributed by atoms with van der Waals surface area (Å²) in [5.41, 5.74) is 2.12. The van der Waals surface area contributed by atoms with E-state index in [-0.39, 0.29) is 21.6 Å². The Kier molecular flexibility index (Phi) is 11.8. The van der Waals surface area contributed by atoms with Crippen LogP contribution in [0.3, 0.4) is 0 Å². The Bertz CT molecular complexity index is 1370. The summed E-state index contributed by atoms with van der Waals surface area (Å²) >= 11 is 13.2. The van der Waals surface area contributed by atoms with Crippen LogP contribution in [0.5, 0.6) is 0 Å². The Labute approximate surface area is 278 Å². The monoisotopic (exact) mass is 668 g/mol. The van der Waals surface area contributed by atoms with E-state index in [0.29, 0.717) is 57.3 Å². The number of hydrogen-bond acceptors (Lipinski definition) is 8. The van der Waals surface area contributed by atoms with E-state index in [9.17, 15) is 19.2 Å². The van der Waals surface area contributed by atoms with Crippen molar-refractivity contribution in [1.82, 2.24) is 9.80 Å². The van der Waals surface area contributed by atoms with Gasteiger partial charge in [0, 0.05) is 37.3 Å². The van der Waals surface area contributed by atoms with E-state index in [1.54, 1.807) is 48.5 Å². The lowest BCUT2D eigenvalue weighted by molar-refractivity contribution is -0.115. The fourth-order valence-electron chi connectivity index (χ4n) is 5.04. The lowest BCUT2D eigenvalue weighted by Crippen LogP contribution is -2.32. The van der Waals surface area contributed by atoms with Gasteiger partial charge >= 0.3 is 0 Å². The molecule has 0 aliphatic carbocycles. The predicted molar refractivity (Wildman–Crippen MR) is 188 cm³/mol. The average Bonchev–Trinajstić information content (AvgIpc) is 3.48. The number of thioether (sulfide) groups is 2. The largest absolute Gasteiger partial charge is 0.339 e. The van der Waals surface area contributed by atoms with E-state index in [1.807, 2.05) is 37.5 Å². The highest BCUT2D eigenvalue weighted by molar-refractivity contribution is 8.30. The van der Waals surface area contributed by atoms with Crippen molar-refractivity contribution in [2.24, 2.45) is 0 Å². The van der Waals surface area contributed by atoms with Crippen molar-refractivity contribution >= 4 is 91.6 Å². The zero-order chi connectivity index (χ0) is 32.0. The van der Waals surface area contributed by atoms with Crippen LogP contribution in [-0.2, 0) is 9.59 Å². The van der Waals surface area contributed by atoms with Gasteiger partial charge in [0.2, 0.25) is 0 Å². The quantitative estimate of drug-likeness (QED) is 0.180. The summed E-state index contributed by atoms with van der Waals surface area (Å²) < 4.78 is 0.582. The van der Waals surface area contributed by atoms with Crippen LogP contribution in [-0.4, -0.2) is 68.2 Å². The number of thiocarbonyl (C=S) groups is 2. The number of amides is 4. The van der Waals surface area contributed by atoms with Crippen LogP contribution >= 0.6 is 48.0 Å². The zero-order valence-corrected chi connectivity index (χ0v) is 28.6. The molecule has 12 heteroatoms. The molecule has 0 atom stereocenters. The SMILES string of the molecule is CCCN(CCC)C(=O)c1ccc(N2C(=O)C(=C3SC(=S)N(c4ccc(C(=O)N(CCC)CCC)cc4)C3=O)SC2=S)cc1. The molecule has 2 heterocycles. The van der Waals surface area contributed by atoms with Crippen LogP contribution in [0.4, 0.5) is 11.4 Å². The average molecular weight is 669 g/mol. The Morgan fingerprint density at radius 1 is 0.591 bits per heavy atom. The lowest BCUT2D eigenvalue weighted by atomic mass is 10.1. The van der Waals surface area contributed by atoms with Crippen molar-refractivity contribution in [1.29, 1.82) is 0 Å². The van der Waals surface area contributed by atoms with E-state index in [0.717, 1.165) is 49.2 Å². The van der Waals surface area contributed by atoms with Crippen molar-refractivity contribution in [2.75, 3.05) is 36.0 Å². The van der Waals surface area contributed by atoms with E-state index in [2.05, 4.69) is 0 Å². The molecule has 44 heavy (non-hydrogen) atoms. The third-order valence-corrected chi connectivity index (χ3v) is 9.91. The standard InChI is InChI=1S/C32H36N4O4S4/c1-5-17-33(18-6-2)27(37)21-9-13-23(14-10-21)35-29(39)25(43-31(35)41)26-30(40)36(32(42)44-26)24-15-11-22(12-16-24)28(38)34(19-7-3)20-8-4/h9-16H,5-8,17-20H2,1-4H3. The van der Waals surface area contributed by atoms with Gasteiger partial charge in [0.1, 0.15) is 0 Å². The first-order chi connectivity index (χ1) is 21.2. The molecule has 0 radical (unpaired) electrons. The van der Waals surface area contributed by atoms with Gasteiger partial charge in [-0.1, -0.05) is 75.7 Å². The van der Waals surface area contributed by atoms with Gasteiger partial charge in [-0.3, -0.25) is 29.0 Å². The van der Waals surface area contributed by atoms with E-state index in [1.165, 1.54) is 9.80 Å². The molecule has 2 aliphatic heterocycles. The summed E-state index contributed by atoms with van der Waals surface area (Å²) in [5, 5.41) is 0. The molecule has 2 aromatic carbocycles. The molecule has 8 nitrogen and oxygen atoms in total. The molecule has 0 bridgehead atoms. The molecule has 0 spiro atoms. The minimum Gasteiger partial charge on any atom is -0.339 e. The smallest absolute Gasteiger partial charge is 0.272 e. The predicted octanol–water partition coefficient (Wildman–Crippen LogP) is 6.85. The fraction of sp³-hybridized carbons (Fsp3) is 0.375. The Morgan fingerprint density at radius 3 is 1.16 bits per heavy atom. The summed E-state index contributed by atoms with van der Waals surface area (Å²) in [6, 6.07) is 13.6. The van der Waals surface area contributed by atoms with Gasteiger partial charge in [-0.05, 0) is 74.2 Å². The van der Waals surface area contributed by atoms with Gasteiger partial charge in [-0.25, -0.2) is 0 Å². The molecule has 0 N–H and O–H groups in total. The number of hydrogen-bond donors (Lipinski definition) is 0. The number of anilines is 2. The third-order valence-electron chi connectivity index (χ3n) is 7.04. The molecule has 2 saturated heterocycles.